The zero-order chi connectivity index (χ0) is 18.1. The third kappa shape index (κ3) is 2.71. The summed E-state index contributed by atoms with van der Waals surface area (Å²) in [6.07, 6.45) is 4.76. The number of para-hydroxylation sites is 1. The van der Waals surface area contributed by atoms with E-state index in [0.29, 0.717) is 17.1 Å². The van der Waals surface area contributed by atoms with Gasteiger partial charge in [0, 0.05) is 29.2 Å². The van der Waals surface area contributed by atoms with Gasteiger partial charge >= 0.3 is 5.97 Å². The van der Waals surface area contributed by atoms with Crippen molar-refractivity contribution in [1.82, 2.24) is 4.98 Å². The molecule has 26 heavy (non-hydrogen) atoms. The highest BCUT2D eigenvalue weighted by atomic mass is 16.4. The van der Waals surface area contributed by atoms with Gasteiger partial charge in [0.1, 0.15) is 0 Å². The van der Waals surface area contributed by atoms with Crippen LogP contribution in [0.4, 0.5) is 17.4 Å². The van der Waals surface area contributed by atoms with E-state index in [4.69, 9.17) is 4.42 Å². The van der Waals surface area contributed by atoms with Gasteiger partial charge in [0.2, 0.25) is 5.88 Å². The Morgan fingerprint density at radius 1 is 1.15 bits per heavy atom. The van der Waals surface area contributed by atoms with Gasteiger partial charge in [-0.25, -0.2) is 14.8 Å². The molecule has 1 aromatic carbocycles. The van der Waals surface area contributed by atoms with Crippen molar-refractivity contribution in [2.75, 3.05) is 5.32 Å². The summed E-state index contributed by atoms with van der Waals surface area (Å²) in [5.41, 5.74) is 1.75. The van der Waals surface area contributed by atoms with Crippen LogP contribution in [0.5, 0.6) is 5.75 Å². The maximum atomic E-state index is 11.6. The van der Waals surface area contributed by atoms with E-state index in [-0.39, 0.29) is 17.2 Å². The first-order valence-electron chi connectivity index (χ1n) is 7.76. The number of nitrogens with zero attached hydrogens (tertiary/aromatic N) is 2. The first kappa shape index (κ1) is 15.6. The van der Waals surface area contributed by atoms with Crippen LogP contribution in [0.15, 0.2) is 58.1 Å². The molecule has 0 radical (unpaired) electrons. The molecule has 3 heterocycles. The largest absolute Gasteiger partial charge is 0.504 e. The number of aliphatic imine (C=N–C) groups is 1. The van der Waals surface area contributed by atoms with Crippen LogP contribution in [-0.4, -0.2) is 27.4 Å². The average Bonchev–Trinajstić information content (AvgIpc) is 3.18. The van der Waals surface area contributed by atoms with Crippen molar-refractivity contribution in [3.05, 3.63) is 65.5 Å². The van der Waals surface area contributed by atoms with Crippen LogP contribution < -0.4 is 5.32 Å². The number of hydrogen-bond donors (Lipinski definition) is 3. The number of aromatic hydroxyl groups is 1. The molecule has 7 heteroatoms. The molecule has 0 bridgehead atoms. The Labute approximate surface area is 148 Å². The van der Waals surface area contributed by atoms with E-state index in [1.54, 1.807) is 42.7 Å². The fraction of sp³-hybridized carbons (Fsp3) is 0. The lowest BCUT2D eigenvalue weighted by Crippen LogP contribution is -1.99. The van der Waals surface area contributed by atoms with E-state index < -0.39 is 11.7 Å². The number of rotatable bonds is 4. The van der Waals surface area contributed by atoms with Crippen molar-refractivity contribution in [1.29, 1.82) is 0 Å². The molecule has 0 saturated carbocycles. The lowest BCUT2D eigenvalue weighted by Gasteiger charge is -2.03. The van der Waals surface area contributed by atoms with Crippen molar-refractivity contribution in [3.63, 3.8) is 0 Å². The number of carbonyl (C=O) groups is 1. The monoisotopic (exact) mass is 347 g/mol. The second kappa shape index (κ2) is 6.21. The van der Waals surface area contributed by atoms with Gasteiger partial charge < -0.3 is 19.9 Å². The minimum absolute atomic E-state index is 0.0268. The number of carboxylic acid groups (broad SMARTS) is 1. The van der Waals surface area contributed by atoms with Gasteiger partial charge in [0.05, 0.1) is 0 Å². The van der Waals surface area contributed by atoms with Gasteiger partial charge in [-0.15, -0.1) is 0 Å². The van der Waals surface area contributed by atoms with E-state index >= 15 is 0 Å². The van der Waals surface area contributed by atoms with Gasteiger partial charge in [-0.3, -0.25) is 0 Å². The minimum atomic E-state index is -1.29. The molecule has 4 rings (SSSR count). The number of aromatic carboxylic acids is 1. The molecule has 0 aliphatic carbocycles. The third-order valence-corrected chi connectivity index (χ3v) is 3.87. The average molecular weight is 347 g/mol. The Hall–Kier alpha value is -3.87. The Bertz CT molecular complexity index is 1050. The summed E-state index contributed by atoms with van der Waals surface area (Å²) in [6, 6.07) is 12.6. The summed E-state index contributed by atoms with van der Waals surface area (Å²) in [7, 11) is 0. The van der Waals surface area contributed by atoms with E-state index in [1.165, 1.54) is 6.08 Å². The van der Waals surface area contributed by atoms with E-state index in [9.17, 15) is 15.0 Å². The van der Waals surface area contributed by atoms with Crippen LogP contribution in [0.3, 0.4) is 0 Å². The molecule has 3 N–H and O–H groups in total. The van der Waals surface area contributed by atoms with Crippen LogP contribution >= 0.6 is 0 Å². The van der Waals surface area contributed by atoms with Crippen LogP contribution in [0.1, 0.15) is 21.7 Å². The van der Waals surface area contributed by atoms with Gasteiger partial charge in [-0.1, -0.05) is 18.2 Å². The van der Waals surface area contributed by atoms with Gasteiger partial charge in [-0.05, 0) is 30.3 Å². The fourth-order valence-corrected chi connectivity index (χ4v) is 2.66. The molecule has 0 unspecified atom stereocenters. The molecule has 2 aromatic heterocycles. The summed E-state index contributed by atoms with van der Waals surface area (Å²) in [4.78, 5) is 19.9. The lowest BCUT2D eigenvalue weighted by molar-refractivity contribution is 0.0695. The maximum Gasteiger partial charge on any atom is 0.345 e. The number of benzene rings is 1. The number of allylic oxidation sites excluding steroid dienone is 1. The van der Waals surface area contributed by atoms with Crippen molar-refractivity contribution < 1.29 is 19.4 Å². The molecular weight excluding hydrogens is 334 g/mol. The topological polar surface area (TPSA) is 108 Å². The highest BCUT2D eigenvalue weighted by Gasteiger charge is 2.25. The Morgan fingerprint density at radius 3 is 2.73 bits per heavy atom. The number of nitrogens with one attached hydrogen (secondary N) is 1. The van der Waals surface area contributed by atoms with Crippen molar-refractivity contribution in [2.24, 2.45) is 4.99 Å². The van der Waals surface area contributed by atoms with E-state index in [2.05, 4.69) is 15.3 Å². The molecule has 7 nitrogen and oxygen atoms in total. The quantitative estimate of drug-likeness (QED) is 0.656. The lowest BCUT2D eigenvalue weighted by atomic mass is 10.1. The fourth-order valence-electron chi connectivity index (χ4n) is 2.66. The normalized spacial score (nSPS) is 13.8. The smallest absolute Gasteiger partial charge is 0.345 e. The first-order chi connectivity index (χ1) is 12.6. The number of anilines is 2. The molecule has 0 spiro atoms. The molecule has 0 fully saturated rings. The number of aromatic nitrogens is 1. The zero-order valence-electron chi connectivity index (χ0n) is 13.4. The Kier molecular flexibility index (Phi) is 3.74. The molecule has 0 atom stereocenters. The molecule has 1 aliphatic heterocycles. The molecule has 3 aromatic rings. The second-order valence-electron chi connectivity index (χ2n) is 5.55. The highest BCUT2D eigenvalue weighted by molar-refractivity contribution is 6.21. The summed E-state index contributed by atoms with van der Waals surface area (Å²) in [5, 5.41) is 22.7. The van der Waals surface area contributed by atoms with Gasteiger partial charge in [0.25, 0.3) is 0 Å². The predicted octanol–water partition coefficient (Wildman–Crippen LogP) is 4.08. The molecule has 0 amide bonds. The summed E-state index contributed by atoms with van der Waals surface area (Å²) in [6.45, 7) is 0. The molecule has 128 valence electrons. The first-order valence-corrected chi connectivity index (χ1v) is 7.76. The summed E-state index contributed by atoms with van der Waals surface area (Å²) >= 11 is 0. The van der Waals surface area contributed by atoms with Crippen molar-refractivity contribution in [2.45, 2.75) is 0 Å². The number of carboxylic acids is 1. The predicted molar refractivity (Wildman–Crippen MR) is 97.3 cm³/mol. The SMILES string of the molecule is O=C(O)c1c(Nc2ccccc2)oc(/C=C2\C=Nc3ncccc32)c1O. The summed E-state index contributed by atoms with van der Waals surface area (Å²) in [5.74, 6) is -1.20. The molecule has 1 aliphatic rings. The van der Waals surface area contributed by atoms with E-state index in [1.807, 2.05) is 12.1 Å². The standard InChI is InChI=1S/C19H13N3O4/c23-16-14(9-11-10-21-17-13(11)7-4-8-20-17)26-18(15(16)19(24)25)22-12-5-2-1-3-6-12/h1-10,22-23H,(H,24,25)/b11-9+. The van der Waals surface area contributed by atoms with Gasteiger partial charge in [0.15, 0.2) is 22.9 Å². The molecule has 0 saturated heterocycles. The summed E-state index contributed by atoms with van der Waals surface area (Å²) < 4.78 is 5.59. The molecular formula is C19H13N3O4. The zero-order valence-corrected chi connectivity index (χ0v) is 13.4. The van der Waals surface area contributed by atoms with Crippen molar-refractivity contribution >= 4 is 41.2 Å². The van der Waals surface area contributed by atoms with Crippen molar-refractivity contribution in [3.8, 4) is 5.75 Å². The number of hydrogen-bond acceptors (Lipinski definition) is 6. The van der Waals surface area contributed by atoms with E-state index in [0.717, 1.165) is 5.56 Å². The Morgan fingerprint density at radius 2 is 1.96 bits per heavy atom. The second-order valence-corrected chi connectivity index (χ2v) is 5.55. The van der Waals surface area contributed by atoms with Crippen LogP contribution in [0, 0.1) is 0 Å². The third-order valence-electron chi connectivity index (χ3n) is 3.87. The van der Waals surface area contributed by atoms with Crippen LogP contribution in [0.2, 0.25) is 0 Å². The maximum absolute atomic E-state index is 11.6. The van der Waals surface area contributed by atoms with Gasteiger partial charge in [-0.2, -0.15) is 0 Å². The van der Waals surface area contributed by atoms with Crippen LogP contribution in [-0.2, 0) is 0 Å². The number of furan rings is 1. The highest BCUT2D eigenvalue weighted by Crippen LogP contribution is 2.38. The minimum Gasteiger partial charge on any atom is -0.504 e. The Balaban J connectivity index is 1.77. The van der Waals surface area contributed by atoms with Crippen LogP contribution in [0.25, 0.3) is 11.6 Å². The number of pyridine rings is 1. The number of fused-ring (bicyclic) bond motifs is 1.